The Hall–Kier alpha value is -1.31. The molecule has 1 amide bonds. The molecule has 1 aromatic rings. The van der Waals surface area contributed by atoms with Gasteiger partial charge in [0, 0.05) is 0 Å². The van der Waals surface area contributed by atoms with Crippen LogP contribution in [-0.4, -0.2) is 92.3 Å². The van der Waals surface area contributed by atoms with Crippen LogP contribution in [0.1, 0.15) is 6.92 Å². The summed E-state index contributed by atoms with van der Waals surface area (Å²) in [7, 11) is 0. The molecule has 1 fully saturated rings. The van der Waals surface area contributed by atoms with Crippen molar-refractivity contribution in [3.63, 3.8) is 0 Å². The van der Waals surface area contributed by atoms with Crippen LogP contribution < -0.4 is 9.67 Å². The SMILES string of the molecule is CC(=O)Nc1ccccc1[As](=O)(O)OO.OC[C@H]1OC(O)[C@H](O)[C@@H](O)[C@@H]1O. The Labute approximate surface area is 156 Å². The maximum Gasteiger partial charge on any atom is 0.184 e. The van der Waals surface area contributed by atoms with E-state index < -0.39 is 51.5 Å². The van der Waals surface area contributed by atoms with Crippen LogP contribution in [0.25, 0.3) is 0 Å². The fourth-order valence-electron chi connectivity index (χ4n) is 2.14. The largest absolute Gasteiger partial charge is 0.394 e. The van der Waals surface area contributed by atoms with Crippen molar-refractivity contribution in [2.24, 2.45) is 0 Å². The third-order valence-corrected chi connectivity index (χ3v) is 6.06. The van der Waals surface area contributed by atoms with E-state index in [9.17, 15) is 12.6 Å². The number of anilines is 1. The predicted molar refractivity (Wildman–Crippen MR) is 88.7 cm³/mol. The van der Waals surface area contributed by atoms with Gasteiger partial charge in [-0.15, -0.1) is 0 Å². The molecular formula is C14H22AsNO11. The Morgan fingerprint density at radius 2 is 1.78 bits per heavy atom. The van der Waals surface area contributed by atoms with Crippen LogP contribution in [0.4, 0.5) is 5.69 Å². The van der Waals surface area contributed by atoms with Crippen molar-refractivity contribution in [1.82, 2.24) is 0 Å². The van der Waals surface area contributed by atoms with E-state index >= 15 is 0 Å². The van der Waals surface area contributed by atoms with Crippen LogP contribution in [0.15, 0.2) is 24.3 Å². The Morgan fingerprint density at radius 1 is 1.19 bits per heavy atom. The van der Waals surface area contributed by atoms with Crippen molar-refractivity contribution >= 4 is 30.1 Å². The van der Waals surface area contributed by atoms with E-state index in [1.54, 1.807) is 6.07 Å². The van der Waals surface area contributed by atoms with Gasteiger partial charge in [0.05, 0.1) is 6.61 Å². The molecule has 0 aromatic heterocycles. The maximum atomic E-state index is 11.4. The number of nitrogens with one attached hydrogen (secondary N) is 1. The van der Waals surface area contributed by atoms with Crippen molar-refractivity contribution in [2.75, 3.05) is 11.9 Å². The molecule has 1 heterocycles. The van der Waals surface area contributed by atoms with E-state index in [0.717, 1.165) is 0 Å². The van der Waals surface area contributed by atoms with Gasteiger partial charge < -0.3 is 30.3 Å². The number of benzene rings is 1. The number of hydrogen-bond acceptors (Lipinski definition) is 10. The van der Waals surface area contributed by atoms with Gasteiger partial charge in [0.2, 0.25) is 0 Å². The molecule has 6 atom stereocenters. The Bertz CT molecular complexity index is 667. The van der Waals surface area contributed by atoms with Crippen LogP contribution >= 0.6 is 0 Å². The van der Waals surface area contributed by atoms with Crippen LogP contribution in [0.2, 0.25) is 0 Å². The molecule has 0 bridgehead atoms. The average molecular weight is 455 g/mol. The summed E-state index contributed by atoms with van der Waals surface area (Å²) in [5, 5.41) is 55.3. The molecular weight excluding hydrogens is 433 g/mol. The van der Waals surface area contributed by atoms with E-state index in [2.05, 4.69) is 13.9 Å². The topological polar surface area (TPSA) is 206 Å². The molecule has 0 spiro atoms. The Balaban J connectivity index is 0.000000277. The molecule has 154 valence electrons. The second-order valence-corrected chi connectivity index (χ2v) is 9.06. The molecule has 0 radical (unpaired) electrons. The van der Waals surface area contributed by atoms with Crippen molar-refractivity contribution < 1.29 is 52.0 Å². The minimum Gasteiger partial charge on any atom is -0.394 e. The number of amides is 1. The van der Waals surface area contributed by atoms with Gasteiger partial charge in [-0.3, -0.25) is 0 Å². The number of aliphatic hydroxyl groups is 5. The summed E-state index contributed by atoms with van der Waals surface area (Å²) in [5.74, 6) is -0.379. The Morgan fingerprint density at radius 3 is 2.30 bits per heavy atom. The number of para-hydroxylation sites is 1. The molecule has 0 saturated carbocycles. The van der Waals surface area contributed by atoms with Crippen molar-refractivity contribution in [2.45, 2.75) is 37.6 Å². The van der Waals surface area contributed by atoms with Gasteiger partial charge in [-0.05, 0) is 0 Å². The standard InChI is InChI=1S/C8H10AsNO5.C6H12O6/c1-6(11)10-8-5-3-2-4-7(8)9(12,13)15-14;7-1-2-3(8)4(9)5(10)6(11)12-2/h2-5,14H,1H3,(H,10,11)(H,12,13);2-11H,1H2/t;2-,3-,4+,5-,6?/m.1/s1. The summed E-state index contributed by atoms with van der Waals surface area (Å²) in [6.45, 7) is 0.744. The van der Waals surface area contributed by atoms with Crippen molar-refractivity contribution in [3.05, 3.63) is 24.3 Å². The molecule has 2 unspecified atom stereocenters. The summed E-state index contributed by atoms with van der Waals surface area (Å²) < 4.78 is 28.7. The van der Waals surface area contributed by atoms with Gasteiger partial charge in [-0.2, -0.15) is 0 Å². The number of carbonyl (C=O) groups is 1. The quantitative estimate of drug-likeness (QED) is 0.127. The molecule has 8 N–H and O–H groups in total. The van der Waals surface area contributed by atoms with Gasteiger partial charge in [0.15, 0.2) is 6.29 Å². The molecule has 1 aliphatic rings. The van der Waals surface area contributed by atoms with Gasteiger partial charge in [0.1, 0.15) is 24.4 Å². The first-order valence-electron chi connectivity index (χ1n) is 7.56. The Kier molecular flexibility index (Phi) is 9.04. The summed E-state index contributed by atoms with van der Waals surface area (Å²) in [4.78, 5) is 10.8. The third-order valence-electron chi connectivity index (χ3n) is 3.50. The van der Waals surface area contributed by atoms with Crippen LogP contribution in [0.5, 0.6) is 0 Å². The first-order valence-corrected chi connectivity index (χ1v) is 10.9. The van der Waals surface area contributed by atoms with E-state index in [4.69, 9.17) is 30.8 Å². The van der Waals surface area contributed by atoms with Gasteiger partial charge in [0.25, 0.3) is 0 Å². The third kappa shape index (κ3) is 6.36. The molecule has 2 rings (SSSR count). The van der Waals surface area contributed by atoms with Gasteiger partial charge >= 0.3 is 88.4 Å². The fourth-order valence-corrected chi connectivity index (χ4v) is 3.81. The molecule has 1 saturated heterocycles. The van der Waals surface area contributed by atoms with Crippen LogP contribution in [0, 0.1) is 0 Å². The minimum atomic E-state index is -4.92. The fraction of sp³-hybridized carbons (Fsp3) is 0.500. The smallest absolute Gasteiger partial charge is 0.184 e. The average Bonchev–Trinajstić information content (AvgIpc) is 2.63. The minimum absolute atomic E-state index is 0.103. The second kappa shape index (κ2) is 10.3. The van der Waals surface area contributed by atoms with Crippen molar-refractivity contribution in [1.29, 1.82) is 0 Å². The maximum absolute atomic E-state index is 11.4. The molecule has 1 aliphatic heterocycles. The monoisotopic (exact) mass is 455 g/mol. The number of rotatable bonds is 4. The number of carbonyl (C=O) groups excluding carboxylic acids is 1. The van der Waals surface area contributed by atoms with E-state index in [1.807, 2.05) is 0 Å². The molecule has 27 heavy (non-hydrogen) atoms. The summed E-state index contributed by atoms with van der Waals surface area (Å²) in [6.07, 6.45) is -7.04. The molecule has 13 heteroatoms. The number of aliphatic hydroxyl groups excluding tert-OH is 5. The van der Waals surface area contributed by atoms with Gasteiger partial charge in [-0.25, -0.2) is 0 Å². The predicted octanol–water partition coefficient (Wildman–Crippen LogP) is -3.52. The molecule has 1 aromatic carbocycles. The summed E-state index contributed by atoms with van der Waals surface area (Å²) >= 11 is -4.92. The first-order chi connectivity index (χ1) is 12.5. The molecule has 12 nitrogen and oxygen atoms in total. The normalized spacial score (nSPS) is 29.9. The first kappa shape index (κ1) is 23.7. The number of hydrogen-bond donors (Lipinski definition) is 8. The van der Waals surface area contributed by atoms with Crippen LogP contribution in [0.3, 0.4) is 0 Å². The van der Waals surface area contributed by atoms with Gasteiger partial charge in [-0.1, -0.05) is 0 Å². The summed E-state index contributed by atoms with van der Waals surface area (Å²) in [6, 6.07) is 5.84. The second-order valence-electron chi connectivity index (χ2n) is 5.52. The van der Waals surface area contributed by atoms with Crippen molar-refractivity contribution in [3.8, 4) is 0 Å². The summed E-state index contributed by atoms with van der Waals surface area (Å²) in [5.41, 5.74) is 0.157. The zero-order chi connectivity index (χ0) is 20.8. The number of ether oxygens (including phenoxy) is 1. The van der Waals surface area contributed by atoms with E-state index in [-0.39, 0.29) is 15.9 Å². The zero-order valence-electron chi connectivity index (χ0n) is 14.1. The van der Waals surface area contributed by atoms with E-state index in [1.165, 1.54) is 25.1 Å². The zero-order valence-corrected chi connectivity index (χ0v) is 16.0. The molecule has 0 aliphatic carbocycles. The van der Waals surface area contributed by atoms with E-state index in [0.29, 0.717) is 0 Å². The van der Waals surface area contributed by atoms with Crippen LogP contribution in [-0.2, 0) is 17.1 Å².